The fourth-order valence-corrected chi connectivity index (χ4v) is 12.5. The van der Waals surface area contributed by atoms with Crippen molar-refractivity contribution in [1.29, 1.82) is 0 Å². The van der Waals surface area contributed by atoms with E-state index in [-0.39, 0.29) is 22.9 Å². The van der Waals surface area contributed by atoms with E-state index in [9.17, 15) is 9.59 Å². The molecule has 3 aromatic rings. The topological polar surface area (TPSA) is 80.3 Å². The predicted octanol–water partition coefficient (Wildman–Crippen LogP) is 12.4. The minimum atomic E-state index is -0.447. The van der Waals surface area contributed by atoms with E-state index in [1.165, 1.54) is 56.9 Å². The molecule has 8 atom stereocenters. The van der Waals surface area contributed by atoms with Crippen molar-refractivity contribution in [3.63, 3.8) is 0 Å². The quantitative estimate of drug-likeness (QED) is 0.0616. The number of fused-ring (bicyclic) bond motifs is 6. The molecule has 0 amide bonds. The van der Waals surface area contributed by atoms with Crippen molar-refractivity contribution >= 4 is 22.7 Å². The lowest BCUT2D eigenvalue weighted by Crippen LogP contribution is -2.51. The first-order valence-corrected chi connectivity index (χ1v) is 23.4. The van der Waals surface area contributed by atoms with Gasteiger partial charge in [0.05, 0.1) is 37.6 Å². The van der Waals surface area contributed by atoms with Crippen LogP contribution in [0.25, 0.3) is 10.8 Å². The van der Waals surface area contributed by atoms with Crippen LogP contribution in [0.3, 0.4) is 0 Å². The van der Waals surface area contributed by atoms with Crippen LogP contribution < -0.4 is 9.47 Å². The summed E-state index contributed by atoms with van der Waals surface area (Å²) < 4.78 is 28.9. The van der Waals surface area contributed by atoms with Crippen LogP contribution in [-0.2, 0) is 14.2 Å². The zero-order valence-corrected chi connectivity index (χ0v) is 37.3. The van der Waals surface area contributed by atoms with Gasteiger partial charge in [0, 0.05) is 11.8 Å². The highest BCUT2D eigenvalue weighted by Gasteiger charge is 2.59. The molecular formula is C53H70O7. The second-order valence-electron chi connectivity index (χ2n) is 20.4. The number of rotatable bonds is 16. The highest BCUT2D eigenvalue weighted by atomic mass is 16.5. The first kappa shape index (κ1) is 43.0. The summed E-state index contributed by atoms with van der Waals surface area (Å²) >= 11 is 0. The molecule has 1 heterocycles. The molecule has 7 heteroatoms. The summed E-state index contributed by atoms with van der Waals surface area (Å²) in [6.45, 7) is 17.8. The maximum atomic E-state index is 13.6. The third kappa shape index (κ3) is 8.82. The Kier molecular flexibility index (Phi) is 12.9. The van der Waals surface area contributed by atoms with Gasteiger partial charge in [-0.05, 0) is 157 Å². The molecule has 4 fully saturated rings. The van der Waals surface area contributed by atoms with E-state index in [2.05, 4.69) is 47.6 Å². The molecule has 3 saturated carbocycles. The van der Waals surface area contributed by atoms with Gasteiger partial charge in [0.25, 0.3) is 0 Å². The van der Waals surface area contributed by atoms with E-state index in [1.807, 2.05) is 30.3 Å². The van der Waals surface area contributed by atoms with Gasteiger partial charge in [0.2, 0.25) is 0 Å². The van der Waals surface area contributed by atoms with E-state index in [4.69, 9.17) is 23.7 Å². The van der Waals surface area contributed by atoms with Crippen molar-refractivity contribution in [2.24, 2.45) is 51.8 Å². The van der Waals surface area contributed by atoms with Crippen LogP contribution in [0.1, 0.15) is 139 Å². The number of ether oxygens (including phenoxy) is 5. The molecule has 8 unspecified atom stereocenters. The van der Waals surface area contributed by atoms with Gasteiger partial charge >= 0.3 is 11.9 Å². The van der Waals surface area contributed by atoms with Gasteiger partial charge in [0.15, 0.2) is 0 Å². The van der Waals surface area contributed by atoms with Crippen LogP contribution in [0.15, 0.2) is 72.3 Å². The van der Waals surface area contributed by atoms with Crippen molar-refractivity contribution in [2.75, 3.05) is 33.0 Å². The van der Waals surface area contributed by atoms with Crippen molar-refractivity contribution in [2.45, 2.75) is 125 Å². The number of carbonyl (C=O) groups is 2. The summed E-state index contributed by atoms with van der Waals surface area (Å²) in [5.74, 6) is 5.28. The molecule has 60 heavy (non-hydrogen) atoms. The normalized spacial score (nSPS) is 29.7. The van der Waals surface area contributed by atoms with E-state index >= 15 is 0 Å². The fraction of sp³-hybridized carbons (Fsp3) is 0.623. The monoisotopic (exact) mass is 819 g/mol. The first-order chi connectivity index (χ1) is 28.9. The van der Waals surface area contributed by atoms with Crippen LogP contribution in [0.5, 0.6) is 11.5 Å². The zero-order chi connectivity index (χ0) is 42.1. The lowest BCUT2D eigenvalue weighted by Gasteiger charge is -2.58. The zero-order valence-electron chi connectivity index (χ0n) is 37.3. The Bertz CT molecular complexity index is 2010. The summed E-state index contributed by atoms with van der Waals surface area (Å²) in [7, 11) is 0. The Hall–Kier alpha value is -3.68. The van der Waals surface area contributed by atoms with Crippen LogP contribution in [0.4, 0.5) is 0 Å². The molecule has 0 bridgehead atoms. The molecule has 1 saturated heterocycles. The average molecular weight is 819 g/mol. The maximum Gasteiger partial charge on any atom is 0.343 e. The largest absolute Gasteiger partial charge is 0.491 e. The van der Waals surface area contributed by atoms with Crippen LogP contribution in [0.2, 0.25) is 0 Å². The van der Waals surface area contributed by atoms with Crippen molar-refractivity contribution in [1.82, 2.24) is 0 Å². The molecule has 4 aliphatic carbocycles. The molecule has 7 nitrogen and oxygen atoms in total. The van der Waals surface area contributed by atoms with Gasteiger partial charge in [-0.2, -0.15) is 0 Å². The van der Waals surface area contributed by atoms with Crippen molar-refractivity contribution < 1.29 is 33.3 Å². The van der Waals surface area contributed by atoms with Gasteiger partial charge in [-0.25, -0.2) is 9.59 Å². The van der Waals surface area contributed by atoms with E-state index < -0.39 is 5.97 Å². The third-order valence-electron chi connectivity index (χ3n) is 16.4. The minimum absolute atomic E-state index is 0.0988. The average Bonchev–Trinajstić information content (AvgIpc) is 3.59. The number of allylic oxidation sites excluding steroid dienone is 1. The summed E-state index contributed by atoms with van der Waals surface area (Å²) in [6.07, 6.45) is 17.3. The molecule has 8 rings (SSSR count). The molecule has 5 aliphatic rings. The second-order valence-corrected chi connectivity index (χ2v) is 20.4. The van der Waals surface area contributed by atoms with Crippen molar-refractivity contribution in [3.05, 3.63) is 83.4 Å². The number of esters is 2. The Labute approximate surface area is 359 Å². The van der Waals surface area contributed by atoms with Crippen molar-refractivity contribution in [3.8, 4) is 11.5 Å². The Balaban J connectivity index is 0.821. The van der Waals surface area contributed by atoms with Gasteiger partial charge in [-0.1, -0.05) is 84.6 Å². The third-order valence-corrected chi connectivity index (χ3v) is 16.4. The van der Waals surface area contributed by atoms with Crippen LogP contribution in [-0.4, -0.2) is 51.1 Å². The van der Waals surface area contributed by atoms with Gasteiger partial charge in [-0.15, -0.1) is 0 Å². The molecule has 1 aliphatic heterocycles. The Morgan fingerprint density at radius 2 is 1.52 bits per heavy atom. The standard InChI is InChI=1S/C53H70O7/c1-7-53(33-57-34-53)32-56-27-28-58-42-16-18-43(19-17-42)59-49(54)39-13-11-38-30-40(14-12-37(38)29-39)50(55)60-44-23-25-51(5)41(31-44)15-20-45-47-22-21-46(36(4)10-8-9-35(2)3)52(47,6)26-24-48(45)51/h11-19,29-30,35-36,44-48H,7-10,20-28,31-34H2,1-6H3. The number of carbonyl (C=O) groups excluding carboxylic acids is 2. The first-order valence-electron chi connectivity index (χ1n) is 23.4. The molecule has 3 aromatic carbocycles. The van der Waals surface area contributed by atoms with Crippen LogP contribution >= 0.6 is 0 Å². The molecule has 0 radical (unpaired) electrons. The SMILES string of the molecule is CCC1(COCCOc2ccc(OC(=O)c3ccc4cc(C(=O)OC5CCC6(C)C(=CCC7C6CCC6(C)C(C(C)CCCC(C)C)CCC76)C5)ccc4c3)cc2)COC1. The van der Waals surface area contributed by atoms with E-state index in [0.29, 0.717) is 47.9 Å². The summed E-state index contributed by atoms with van der Waals surface area (Å²) in [5.41, 5.74) is 3.38. The fourth-order valence-electron chi connectivity index (χ4n) is 12.5. The lowest BCUT2D eigenvalue weighted by molar-refractivity contribution is -0.151. The number of hydrogen-bond donors (Lipinski definition) is 0. The molecule has 0 spiro atoms. The maximum absolute atomic E-state index is 13.6. The van der Waals surface area contributed by atoms with Gasteiger partial charge < -0.3 is 23.7 Å². The highest BCUT2D eigenvalue weighted by Crippen LogP contribution is 2.67. The predicted molar refractivity (Wildman–Crippen MR) is 237 cm³/mol. The second kappa shape index (κ2) is 18.0. The van der Waals surface area contributed by atoms with E-state index in [0.717, 1.165) is 85.2 Å². The summed E-state index contributed by atoms with van der Waals surface area (Å²) in [6, 6.07) is 18.0. The van der Waals surface area contributed by atoms with Gasteiger partial charge in [-0.3, -0.25) is 0 Å². The Morgan fingerprint density at radius 1 is 0.800 bits per heavy atom. The van der Waals surface area contributed by atoms with Crippen LogP contribution in [0, 0.1) is 51.8 Å². The number of hydrogen-bond acceptors (Lipinski definition) is 7. The molecular weight excluding hydrogens is 749 g/mol. The summed E-state index contributed by atoms with van der Waals surface area (Å²) in [5, 5.41) is 1.73. The molecule has 0 N–H and O–H groups in total. The minimum Gasteiger partial charge on any atom is -0.491 e. The van der Waals surface area contributed by atoms with E-state index in [1.54, 1.807) is 30.3 Å². The molecule has 324 valence electrons. The Morgan fingerprint density at radius 3 is 2.20 bits per heavy atom. The lowest BCUT2D eigenvalue weighted by atomic mass is 9.47. The number of benzene rings is 3. The smallest absolute Gasteiger partial charge is 0.343 e. The highest BCUT2D eigenvalue weighted by molar-refractivity contribution is 5.99. The van der Waals surface area contributed by atoms with Gasteiger partial charge in [0.1, 0.15) is 24.2 Å². The summed E-state index contributed by atoms with van der Waals surface area (Å²) in [4.78, 5) is 26.7. The molecule has 0 aromatic heterocycles.